The maximum atomic E-state index is 12.0. The lowest BCUT2D eigenvalue weighted by Crippen LogP contribution is -2.35. The summed E-state index contributed by atoms with van der Waals surface area (Å²) in [5, 5.41) is 11.6. The van der Waals surface area contributed by atoms with Crippen molar-refractivity contribution in [3.8, 4) is 6.07 Å². The second-order valence-corrected chi connectivity index (χ2v) is 4.83. The molecule has 0 saturated heterocycles. The summed E-state index contributed by atoms with van der Waals surface area (Å²) in [5.41, 5.74) is -2.11. The third-order valence-electron chi connectivity index (χ3n) is 2.95. The van der Waals surface area contributed by atoms with Gasteiger partial charge in [-0.05, 0) is 18.2 Å². The molecule has 1 N–H and O–H groups in total. The molecule has 1 aromatic rings. The molecule has 9 nitrogen and oxygen atoms in total. The minimum atomic E-state index is -1.45. The predicted molar refractivity (Wildman–Crippen MR) is 77.0 cm³/mol. The van der Waals surface area contributed by atoms with E-state index in [-0.39, 0.29) is 18.3 Å². The molecular formula is C14H14N4O5. The second kappa shape index (κ2) is 6.41. The zero-order valence-electron chi connectivity index (χ0n) is 12.5. The number of carbonyl (C=O) groups is 2. The van der Waals surface area contributed by atoms with Gasteiger partial charge in [-0.3, -0.25) is 14.2 Å². The highest BCUT2D eigenvalue weighted by Gasteiger charge is 2.38. The monoisotopic (exact) mass is 318 g/mol. The minimum absolute atomic E-state index is 0.118. The largest absolute Gasteiger partial charge is 0.461 e. The van der Waals surface area contributed by atoms with E-state index in [1.807, 2.05) is 6.07 Å². The van der Waals surface area contributed by atoms with Gasteiger partial charge in [0.25, 0.3) is 0 Å². The number of nitrogens with one attached hydrogen (secondary N) is 1. The molecule has 1 aromatic heterocycles. The maximum Gasteiger partial charge on any atom is 0.351 e. The molecular weight excluding hydrogens is 304 g/mol. The molecule has 9 heteroatoms. The fourth-order valence-corrected chi connectivity index (χ4v) is 1.92. The molecule has 1 aliphatic rings. The number of hydrogen-bond donors (Lipinski definition) is 1. The fraction of sp³-hybridized carbons (Fsp3) is 0.357. The van der Waals surface area contributed by atoms with Gasteiger partial charge in [0.15, 0.2) is 6.23 Å². The molecule has 1 aliphatic heterocycles. The van der Waals surface area contributed by atoms with Crippen LogP contribution in [0.2, 0.25) is 0 Å². The van der Waals surface area contributed by atoms with Crippen molar-refractivity contribution < 1.29 is 19.1 Å². The van der Waals surface area contributed by atoms with E-state index in [2.05, 4.69) is 10.3 Å². The lowest BCUT2D eigenvalue weighted by molar-refractivity contribution is -0.148. The lowest BCUT2D eigenvalue weighted by atomic mass is 10.1. The van der Waals surface area contributed by atoms with Crippen LogP contribution in [0.4, 0.5) is 5.82 Å². The molecule has 0 saturated carbocycles. The summed E-state index contributed by atoms with van der Waals surface area (Å²) in [5.74, 6) is -0.776. The van der Waals surface area contributed by atoms with Crippen molar-refractivity contribution in [1.82, 2.24) is 9.55 Å². The highest BCUT2D eigenvalue weighted by molar-refractivity contribution is 5.87. The first-order chi connectivity index (χ1) is 10.8. The first kappa shape index (κ1) is 16.4. The van der Waals surface area contributed by atoms with E-state index in [4.69, 9.17) is 9.47 Å². The molecule has 2 heterocycles. The second-order valence-electron chi connectivity index (χ2n) is 4.83. The molecule has 2 atom stereocenters. The van der Waals surface area contributed by atoms with Crippen LogP contribution in [-0.4, -0.2) is 33.6 Å². The Hall–Kier alpha value is -2.99. The zero-order chi connectivity index (χ0) is 17.0. The first-order valence-electron chi connectivity index (χ1n) is 6.64. The number of ether oxygens (including phenoxy) is 2. The van der Waals surface area contributed by atoms with Crippen LogP contribution in [0.1, 0.15) is 20.1 Å². The Balaban J connectivity index is 2.17. The van der Waals surface area contributed by atoms with E-state index in [0.29, 0.717) is 0 Å². The van der Waals surface area contributed by atoms with Crippen LogP contribution < -0.4 is 11.0 Å². The van der Waals surface area contributed by atoms with Gasteiger partial charge in [-0.15, -0.1) is 0 Å². The summed E-state index contributed by atoms with van der Waals surface area (Å²) in [6.45, 7) is 2.24. The standard InChI is InChI=1S/C14H14N4O5/c1-9(19)16-11-4-6-18(13(21)17-11)12-3-5-14(7-15,23-12)8-22-10(2)20/h3-6,12H,8H2,1-2H3,(H,16,17,19,21)/t12-,14+/m1/s1. The van der Waals surface area contributed by atoms with E-state index in [0.717, 1.165) is 4.57 Å². The SMILES string of the molecule is CC(=O)Nc1ccn([C@H]2C=C[C@](C#N)(COC(C)=O)O2)c(=O)n1. The number of aromatic nitrogens is 2. The van der Waals surface area contributed by atoms with Gasteiger partial charge in [0.2, 0.25) is 11.5 Å². The molecule has 0 aromatic carbocycles. The Kier molecular flexibility index (Phi) is 4.57. The molecule has 0 bridgehead atoms. The maximum absolute atomic E-state index is 12.0. The van der Waals surface area contributed by atoms with Gasteiger partial charge in [-0.25, -0.2) is 4.79 Å². The Labute approximate surface area is 131 Å². The molecule has 2 rings (SSSR count). The summed E-state index contributed by atoms with van der Waals surface area (Å²) < 4.78 is 11.5. The summed E-state index contributed by atoms with van der Waals surface area (Å²) in [7, 11) is 0. The summed E-state index contributed by atoms with van der Waals surface area (Å²) in [6.07, 6.45) is 3.44. The van der Waals surface area contributed by atoms with E-state index in [1.165, 1.54) is 38.3 Å². The fourth-order valence-electron chi connectivity index (χ4n) is 1.92. The van der Waals surface area contributed by atoms with E-state index >= 15 is 0 Å². The van der Waals surface area contributed by atoms with Crippen molar-refractivity contribution in [3.05, 3.63) is 34.9 Å². The first-order valence-corrected chi connectivity index (χ1v) is 6.64. The van der Waals surface area contributed by atoms with Crippen LogP contribution in [0.5, 0.6) is 0 Å². The van der Waals surface area contributed by atoms with Crippen molar-refractivity contribution in [1.29, 1.82) is 5.26 Å². The van der Waals surface area contributed by atoms with E-state index in [9.17, 15) is 19.6 Å². The Morgan fingerprint density at radius 2 is 2.30 bits per heavy atom. The lowest BCUT2D eigenvalue weighted by Gasteiger charge is -2.22. The average Bonchev–Trinajstić information content (AvgIpc) is 2.89. The van der Waals surface area contributed by atoms with Crippen LogP contribution >= 0.6 is 0 Å². The number of rotatable bonds is 4. The highest BCUT2D eigenvalue weighted by Crippen LogP contribution is 2.29. The van der Waals surface area contributed by atoms with Gasteiger partial charge in [0.1, 0.15) is 18.5 Å². The summed E-state index contributed by atoms with van der Waals surface area (Å²) in [4.78, 5) is 37.5. The average molecular weight is 318 g/mol. The van der Waals surface area contributed by atoms with Gasteiger partial charge >= 0.3 is 11.7 Å². The Morgan fingerprint density at radius 3 is 2.87 bits per heavy atom. The number of amides is 1. The number of anilines is 1. The third kappa shape index (κ3) is 3.81. The number of nitriles is 1. The smallest absolute Gasteiger partial charge is 0.351 e. The van der Waals surface area contributed by atoms with Crippen molar-refractivity contribution in [3.63, 3.8) is 0 Å². The number of esters is 1. The number of carbonyl (C=O) groups excluding carboxylic acids is 2. The van der Waals surface area contributed by atoms with Gasteiger partial charge < -0.3 is 14.8 Å². The number of hydrogen-bond acceptors (Lipinski definition) is 7. The van der Waals surface area contributed by atoms with Gasteiger partial charge in [0, 0.05) is 20.0 Å². The highest BCUT2D eigenvalue weighted by atomic mass is 16.6. The number of nitrogens with zero attached hydrogens (tertiary/aromatic N) is 3. The zero-order valence-corrected chi connectivity index (χ0v) is 12.5. The topological polar surface area (TPSA) is 123 Å². The van der Waals surface area contributed by atoms with Crippen LogP contribution in [-0.2, 0) is 19.1 Å². The predicted octanol–water partition coefficient (Wildman–Crippen LogP) is 0.112. The normalized spacial score (nSPS) is 22.4. The van der Waals surface area contributed by atoms with Crippen molar-refractivity contribution in [2.24, 2.45) is 0 Å². The molecule has 120 valence electrons. The van der Waals surface area contributed by atoms with E-state index < -0.39 is 23.5 Å². The van der Waals surface area contributed by atoms with Crippen molar-refractivity contribution in [2.45, 2.75) is 25.7 Å². The summed E-state index contributed by atoms with van der Waals surface area (Å²) in [6, 6.07) is 3.34. The van der Waals surface area contributed by atoms with Gasteiger partial charge in [0.05, 0.1) is 0 Å². The molecule has 1 amide bonds. The minimum Gasteiger partial charge on any atom is -0.461 e. The summed E-state index contributed by atoms with van der Waals surface area (Å²) >= 11 is 0. The van der Waals surface area contributed by atoms with Crippen molar-refractivity contribution in [2.75, 3.05) is 11.9 Å². The molecule has 0 unspecified atom stereocenters. The van der Waals surface area contributed by atoms with Gasteiger partial charge in [-0.1, -0.05) is 0 Å². The van der Waals surface area contributed by atoms with Crippen LogP contribution in [0.25, 0.3) is 0 Å². The Bertz CT molecular complexity index is 763. The molecule has 0 radical (unpaired) electrons. The van der Waals surface area contributed by atoms with Crippen molar-refractivity contribution >= 4 is 17.7 Å². The van der Waals surface area contributed by atoms with Gasteiger partial charge in [-0.2, -0.15) is 10.2 Å². The molecule has 0 fully saturated rings. The van der Waals surface area contributed by atoms with Crippen LogP contribution in [0.15, 0.2) is 29.2 Å². The molecule has 0 aliphatic carbocycles. The Morgan fingerprint density at radius 1 is 1.57 bits per heavy atom. The van der Waals surface area contributed by atoms with E-state index in [1.54, 1.807) is 0 Å². The quantitative estimate of drug-likeness (QED) is 0.617. The molecule has 23 heavy (non-hydrogen) atoms. The third-order valence-corrected chi connectivity index (χ3v) is 2.95. The molecule has 0 spiro atoms. The van der Waals surface area contributed by atoms with Crippen LogP contribution in [0, 0.1) is 11.3 Å². The van der Waals surface area contributed by atoms with Crippen LogP contribution in [0.3, 0.4) is 0 Å².